The van der Waals surface area contributed by atoms with Crippen LogP contribution < -0.4 is 16.0 Å². The Morgan fingerprint density at radius 1 is 1.32 bits per heavy atom. The molecule has 118 valence electrons. The highest BCUT2D eigenvalue weighted by atomic mass is 32.1. The molecule has 2 rings (SSSR count). The summed E-state index contributed by atoms with van der Waals surface area (Å²) in [5, 5.41) is 4.44. The molecule has 0 saturated carbocycles. The first-order chi connectivity index (χ1) is 10.6. The molecule has 2 aromatic rings. The molecule has 1 amide bonds. The van der Waals surface area contributed by atoms with E-state index in [4.69, 9.17) is 5.73 Å². The number of rotatable bonds is 8. The van der Waals surface area contributed by atoms with Crippen molar-refractivity contribution in [3.63, 3.8) is 0 Å². The Hall–Kier alpha value is -1.92. The molecule has 0 saturated heterocycles. The molecule has 0 aliphatic heterocycles. The molecule has 1 heterocycles. The first-order valence-corrected chi connectivity index (χ1v) is 8.24. The number of nitrogens with zero attached hydrogens (tertiary/aromatic N) is 2. The summed E-state index contributed by atoms with van der Waals surface area (Å²) in [5.41, 5.74) is 6.88. The molecule has 0 spiro atoms. The molecule has 0 fully saturated rings. The number of carbonyl (C=O) groups excluding carboxylic acids is 1. The van der Waals surface area contributed by atoms with Crippen molar-refractivity contribution in [2.24, 2.45) is 5.73 Å². The van der Waals surface area contributed by atoms with Gasteiger partial charge in [-0.3, -0.25) is 4.79 Å². The quantitative estimate of drug-likeness (QED) is 0.784. The predicted octanol–water partition coefficient (Wildman–Crippen LogP) is 2.38. The van der Waals surface area contributed by atoms with Gasteiger partial charge in [-0.1, -0.05) is 12.1 Å². The van der Waals surface area contributed by atoms with Crippen LogP contribution in [0.1, 0.15) is 34.6 Å². The number of aromatic nitrogens is 1. The normalized spacial score (nSPS) is 10.6. The molecular weight excluding hydrogens is 296 g/mol. The molecular formula is C16H22N4OS. The Bertz CT molecular complexity index is 622. The highest BCUT2D eigenvalue weighted by molar-refractivity contribution is 7.15. The van der Waals surface area contributed by atoms with Gasteiger partial charge in [0, 0.05) is 42.8 Å². The average molecular weight is 318 g/mol. The van der Waals surface area contributed by atoms with Crippen LogP contribution in [0, 0.1) is 0 Å². The Morgan fingerprint density at radius 3 is 2.77 bits per heavy atom. The van der Waals surface area contributed by atoms with E-state index in [2.05, 4.69) is 29.0 Å². The molecule has 3 N–H and O–H groups in total. The highest BCUT2D eigenvalue weighted by Gasteiger charge is 2.07. The van der Waals surface area contributed by atoms with Crippen LogP contribution in [0.15, 0.2) is 30.5 Å². The van der Waals surface area contributed by atoms with Gasteiger partial charge in [0.05, 0.1) is 0 Å². The zero-order chi connectivity index (χ0) is 15.9. The number of carbonyl (C=O) groups is 1. The average Bonchev–Trinajstić information content (AvgIpc) is 2.97. The second kappa shape index (κ2) is 7.91. The van der Waals surface area contributed by atoms with Gasteiger partial charge < -0.3 is 16.0 Å². The molecule has 22 heavy (non-hydrogen) atoms. The minimum Gasteiger partial charge on any atom is -0.366 e. The summed E-state index contributed by atoms with van der Waals surface area (Å²) >= 11 is 1.71. The number of nitrogens with two attached hydrogens (primary N) is 1. The Morgan fingerprint density at radius 2 is 2.09 bits per heavy atom. The number of thiazole rings is 1. The van der Waals surface area contributed by atoms with Gasteiger partial charge in [-0.2, -0.15) is 0 Å². The van der Waals surface area contributed by atoms with Crippen LogP contribution in [0.4, 0.5) is 5.13 Å². The summed E-state index contributed by atoms with van der Waals surface area (Å²) in [6.45, 7) is 7.66. The first-order valence-electron chi connectivity index (χ1n) is 7.43. The summed E-state index contributed by atoms with van der Waals surface area (Å²) in [5.74, 6) is -0.395. The van der Waals surface area contributed by atoms with Crippen LogP contribution in [0.3, 0.4) is 0 Å². The third-order valence-corrected chi connectivity index (χ3v) is 4.47. The van der Waals surface area contributed by atoms with E-state index in [1.54, 1.807) is 17.4 Å². The van der Waals surface area contributed by atoms with E-state index in [1.807, 2.05) is 24.4 Å². The number of hydrogen-bond donors (Lipinski definition) is 2. The summed E-state index contributed by atoms with van der Waals surface area (Å²) in [6, 6.07) is 7.38. The van der Waals surface area contributed by atoms with Gasteiger partial charge in [0.25, 0.3) is 0 Å². The number of primary amides is 1. The van der Waals surface area contributed by atoms with E-state index in [0.717, 1.165) is 30.3 Å². The van der Waals surface area contributed by atoms with Crippen LogP contribution in [0.2, 0.25) is 0 Å². The van der Waals surface area contributed by atoms with Gasteiger partial charge in [0.15, 0.2) is 5.13 Å². The van der Waals surface area contributed by atoms with E-state index in [-0.39, 0.29) is 0 Å². The standard InChI is InChI=1S/C16H22N4OS/c1-3-20(4-2)16-19-11-14(22-16)10-18-9-12-6-5-7-13(8-12)15(17)21/h5-8,11,18H,3-4,9-10H2,1-2H3,(H2,17,21). The van der Waals surface area contributed by atoms with Crippen molar-refractivity contribution >= 4 is 22.4 Å². The molecule has 0 bridgehead atoms. The highest BCUT2D eigenvalue weighted by Crippen LogP contribution is 2.22. The maximum Gasteiger partial charge on any atom is 0.248 e. The van der Waals surface area contributed by atoms with E-state index < -0.39 is 5.91 Å². The topological polar surface area (TPSA) is 71.2 Å². The molecule has 0 aliphatic carbocycles. The molecule has 0 unspecified atom stereocenters. The smallest absolute Gasteiger partial charge is 0.248 e. The number of hydrogen-bond acceptors (Lipinski definition) is 5. The van der Waals surface area contributed by atoms with Crippen molar-refractivity contribution < 1.29 is 4.79 Å². The van der Waals surface area contributed by atoms with Crippen molar-refractivity contribution in [1.29, 1.82) is 0 Å². The lowest BCUT2D eigenvalue weighted by molar-refractivity contribution is 0.1000. The third kappa shape index (κ3) is 4.29. The summed E-state index contributed by atoms with van der Waals surface area (Å²) in [7, 11) is 0. The number of benzene rings is 1. The van der Waals surface area contributed by atoms with Crippen molar-refractivity contribution in [1.82, 2.24) is 10.3 Å². The summed E-state index contributed by atoms with van der Waals surface area (Å²) < 4.78 is 0. The van der Waals surface area contributed by atoms with E-state index >= 15 is 0 Å². The monoisotopic (exact) mass is 318 g/mol. The molecule has 0 atom stereocenters. The van der Waals surface area contributed by atoms with Gasteiger partial charge in [0.2, 0.25) is 5.91 Å². The Labute approximate surface area is 135 Å². The summed E-state index contributed by atoms with van der Waals surface area (Å²) in [6.07, 6.45) is 1.92. The van der Waals surface area contributed by atoms with Crippen molar-refractivity contribution in [3.05, 3.63) is 46.5 Å². The number of nitrogens with one attached hydrogen (secondary N) is 1. The van der Waals surface area contributed by atoms with Crippen molar-refractivity contribution in [2.45, 2.75) is 26.9 Å². The van der Waals surface area contributed by atoms with Gasteiger partial charge >= 0.3 is 0 Å². The van der Waals surface area contributed by atoms with Crippen LogP contribution in [0.5, 0.6) is 0 Å². The number of amides is 1. The minimum absolute atomic E-state index is 0.395. The lowest BCUT2D eigenvalue weighted by Crippen LogP contribution is -2.21. The van der Waals surface area contributed by atoms with E-state index in [9.17, 15) is 4.79 Å². The third-order valence-electron chi connectivity index (χ3n) is 3.42. The van der Waals surface area contributed by atoms with Gasteiger partial charge in [-0.15, -0.1) is 11.3 Å². The van der Waals surface area contributed by atoms with Crippen LogP contribution in [-0.4, -0.2) is 24.0 Å². The fraction of sp³-hybridized carbons (Fsp3) is 0.375. The fourth-order valence-electron chi connectivity index (χ4n) is 2.18. The largest absolute Gasteiger partial charge is 0.366 e. The predicted molar refractivity (Wildman–Crippen MR) is 91.2 cm³/mol. The lowest BCUT2D eigenvalue weighted by atomic mass is 10.1. The van der Waals surface area contributed by atoms with E-state index in [1.165, 1.54) is 4.88 Å². The molecule has 1 aromatic carbocycles. The minimum atomic E-state index is -0.395. The SMILES string of the molecule is CCN(CC)c1ncc(CNCc2cccc(C(N)=O)c2)s1. The molecule has 1 aromatic heterocycles. The Balaban J connectivity index is 1.89. The second-order valence-corrected chi connectivity index (χ2v) is 6.04. The van der Waals surface area contributed by atoms with Crippen LogP contribution in [0.25, 0.3) is 0 Å². The fourth-order valence-corrected chi connectivity index (χ4v) is 3.19. The Kier molecular flexibility index (Phi) is 5.91. The maximum atomic E-state index is 11.2. The molecule has 6 heteroatoms. The number of anilines is 1. The van der Waals surface area contributed by atoms with Gasteiger partial charge in [-0.25, -0.2) is 4.98 Å². The molecule has 0 aliphatic rings. The van der Waals surface area contributed by atoms with Crippen molar-refractivity contribution in [3.8, 4) is 0 Å². The molecule has 5 nitrogen and oxygen atoms in total. The summed E-state index contributed by atoms with van der Waals surface area (Å²) in [4.78, 5) is 19.1. The zero-order valence-corrected chi connectivity index (χ0v) is 13.8. The molecule has 0 radical (unpaired) electrons. The first kappa shape index (κ1) is 16.5. The van der Waals surface area contributed by atoms with Gasteiger partial charge in [0.1, 0.15) is 0 Å². The van der Waals surface area contributed by atoms with Crippen LogP contribution in [-0.2, 0) is 13.1 Å². The van der Waals surface area contributed by atoms with E-state index in [0.29, 0.717) is 12.1 Å². The van der Waals surface area contributed by atoms with Crippen molar-refractivity contribution in [2.75, 3.05) is 18.0 Å². The zero-order valence-electron chi connectivity index (χ0n) is 13.0. The van der Waals surface area contributed by atoms with Gasteiger partial charge in [-0.05, 0) is 31.5 Å². The van der Waals surface area contributed by atoms with Crippen LogP contribution >= 0.6 is 11.3 Å². The second-order valence-electron chi connectivity index (χ2n) is 4.95. The lowest BCUT2D eigenvalue weighted by Gasteiger charge is -2.16. The maximum absolute atomic E-state index is 11.2.